The second-order valence-corrected chi connectivity index (χ2v) is 20.4. The molecule has 1 aliphatic heterocycles. The van der Waals surface area contributed by atoms with E-state index in [0.717, 1.165) is 17.3 Å². The van der Waals surface area contributed by atoms with Gasteiger partial charge in [0, 0.05) is 0 Å². The van der Waals surface area contributed by atoms with Gasteiger partial charge in [-0.1, -0.05) is 12.1 Å². The van der Waals surface area contributed by atoms with Crippen molar-refractivity contribution in [2.75, 3.05) is 18.1 Å². The number of carbonyl (C=O) groups excluding carboxylic acids is 1. The van der Waals surface area contributed by atoms with E-state index >= 15 is 0 Å². The number of nitrogens with two attached hydrogens (primary N) is 2. The number of fused-ring (bicyclic) bond motifs is 1. The van der Waals surface area contributed by atoms with Gasteiger partial charge in [0.15, 0.2) is 0 Å². The number of nitrogens with zero attached hydrogens (tertiary/aromatic N) is 3. The van der Waals surface area contributed by atoms with Gasteiger partial charge in [0.05, 0.1) is 6.04 Å². The molecule has 1 fully saturated rings. The van der Waals surface area contributed by atoms with Crippen molar-refractivity contribution in [1.29, 1.82) is 0 Å². The Kier molecular flexibility index (Phi) is 10.4. The molecule has 1 saturated heterocycles. The molecule has 44 heavy (non-hydrogen) atoms. The number of ether oxygens (including phenoxy) is 1. The number of benzene rings is 1. The molecule has 0 bridgehead atoms. The van der Waals surface area contributed by atoms with Gasteiger partial charge in [0.1, 0.15) is 5.75 Å². The number of aromatic nitrogens is 3. The molecule has 6 N–H and O–H groups in total. The van der Waals surface area contributed by atoms with Gasteiger partial charge >= 0.3 is 185 Å². The topological polar surface area (TPSA) is 282 Å². The third-order valence-corrected chi connectivity index (χ3v) is 16.3. The molecule has 3 aromatic rings. The molecule has 0 radical (unpaired) electrons. The molecular weight excluding hydrogens is 663 g/mol. The third kappa shape index (κ3) is 6.79. The molecule has 0 aliphatic carbocycles. The van der Waals surface area contributed by atoms with Crippen LogP contribution in [-0.4, -0.2) is 60.5 Å². The first-order chi connectivity index (χ1) is 20.8. The Labute approximate surface area is 253 Å². The predicted molar refractivity (Wildman–Crippen MR) is 151 cm³/mol. The Morgan fingerprint density at radius 3 is 2.57 bits per heavy atom. The normalized spacial score (nSPS) is 19.9. The van der Waals surface area contributed by atoms with Crippen molar-refractivity contribution in [3.05, 3.63) is 47.9 Å². The van der Waals surface area contributed by atoms with Crippen LogP contribution in [0.5, 0.6) is 5.75 Å². The molecule has 21 heteroatoms. The van der Waals surface area contributed by atoms with E-state index in [4.69, 9.17) is 16.2 Å². The van der Waals surface area contributed by atoms with E-state index in [9.17, 15) is 43.4 Å². The van der Waals surface area contributed by atoms with Crippen LogP contribution in [-0.2, 0) is 43.4 Å². The van der Waals surface area contributed by atoms with Crippen molar-refractivity contribution in [3.8, 4) is 17.6 Å². The van der Waals surface area contributed by atoms with Crippen LogP contribution >= 0.6 is 33.2 Å². The molecule has 2 aromatic heterocycles. The van der Waals surface area contributed by atoms with Crippen LogP contribution in [0.4, 0.5) is 5.82 Å². The molecule has 1 aromatic carbocycles. The first-order valence-corrected chi connectivity index (χ1v) is 19.2. The summed E-state index contributed by atoms with van der Waals surface area (Å²) in [6.45, 7) is -8.00. The number of anilines is 1. The van der Waals surface area contributed by atoms with Gasteiger partial charge < -0.3 is 10.8 Å². The molecule has 0 saturated carbocycles. The van der Waals surface area contributed by atoms with Gasteiger partial charge in [-0.25, -0.2) is 0 Å². The molecular formula is C23H24N5O12P3S-2. The molecule has 3 heterocycles. The molecule has 1 unspecified atom stereocenters. The first kappa shape index (κ1) is 33.9. The minimum atomic E-state index is -6.91. The number of rotatable bonds is 11. The molecule has 0 amide bonds. The van der Waals surface area contributed by atoms with E-state index in [1.54, 1.807) is 12.1 Å². The van der Waals surface area contributed by atoms with Crippen molar-refractivity contribution < 1.29 is 57.4 Å². The molecule has 4 atom stereocenters. The Morgan fingerprint density at radius 2 is 1.93 bits per heavy atom. The van der Waals surface area contributed by atoms with Crippen LogP contribution in [0.2, 0.25) is 0 Å². The van der Waals surface area contributed by atoms with Crippen LogP contribution in [0, 0.1) is 11.8 Å². The third-order valence-electron chi connectivity index (χ3n) is 6.49. The van der Waals surface area contributed by atoms with E-state index < -0.39 is 52.5 Å². The van der Waals surface area contributed by atoms with Gasteiger partial charge in [-0.15, -0.1) is 0 Å². The van der Waals surface area contributed by atoms with Crippen LogP contribution in [0.15, 0.2) is 36.8 Å². The van der Waals surface area contributed by atoms with E-state index in [-0.39, 0.29) is 40.9 Å². The summed E-state index contributed by atoms with van der Waals surface area (Å²) in [4.78, 5) is 33.2. The number of nitrogen functional groups attached to an aromatic ring is 1. The SMILES string of the molecule is Nc1ncnc2c1c(C#CCSC(=O)C(N)Cc1ccc(O)cc1)cn2[C@H]1C[C@H](O)[C@@H](COP([O-])(O[O-])(P(=O)=O)P(=O)=O)O1. The molecule has 17 nitrogen and oxygen atoms in total. The second kappa shape index (κ2) is 13.5. The van der Waals surface area contributed by atoms with Crippen molar-refractivity contribution in [2.45, 2.75) is 37.3 Å². The quantitative estimate of drug-likeness (QED) is 0.0933. The van der Waals surface area contributed by atoms with Gasteiger partial charge in [0.25, 0.3) is 0 Å². The zero-order valence-electron chi connectivity index (χ0n) is 22.3. The number of hydrogen-bond acceptors (Lipinski definition) is 17. The summed E-state index contributed by atoms with van der Waals surface area (Å²) < 4.78 is 60.4. The Bertz CT molecular complexity index is 1730. The molecule has 4 rings (SSSR count). The summed E-state index contributed by atoms with van der Waals surface area (Å²) in [6.07, 6.45) is -1.06. The number of phenolic OH excluding ortho intramolecular Hbond substituents is 1. The number of aliphatic hydroxyl groups excluding tert-OH is 1. The summed E-state index contributed by atoms with van der Waals surface area (Å²) in [5.41, 5.74) is 13.4. The summed E-state index contributed by atoms with van der Waals surface area (Å²) in [7, 11) is -9.03. The number of carbonyl (C=O) groups is 1. The Morgan fingerprint density at radius 1 is 1.25 bits per heavy atom. The van der Waals surface area contributed by atoms with E-state index in [0.29, 0.717) is 10.9 Å². The summed E-state index contributed by atoms with van der Waals surface area (Å²) in [5, 5.41) is 30.9. The Hall–Kier alpha value is -3.03. The average Bonchev–Trinajstić information content (AvgIpc) is 3.55. The monoisotopic (exact) mass is 687 g/mol. The van der Waals surface area contributed by atoms with Crippen molar-refractivity contribution in [1.82, 2.24) is 14.5 Å². The number of phenols is 1. The fourth-order valence-corrected chi connectivity index (χ4v) is 8.37. The van der Waals surface area contributed by atoms with Crippen LogP contribution in [0.1, 0.15) is 23.8 Å². The fraction of sp³-hybridized carbons (Fsp3) is 0.348. The number of hydrogen-bond donors (Lipinski definition) is 4. The molecule has 236 valence electrons. The van der Waals surface area contributed by atoms with Crippen molar-refractivity contribution >= 4 is 55.1 Å². The van der Waals surface area contributed by atoms with E-state index in [2.05, 4.69) is 31.0 Å². The van der Waals surface area contributed by atoms with Crippen molar-refractivity contribution in [3.63, 3.8) is 0 Å². The molecule has 0 spiro atoms. The summed E-state index contributed by atoms with van der Waals surface area (Å²) >= 11 is 0.912. The van der Waals surface area contributed by atoms with E-state index in [1.807, 2.05) is 0 Å². The minimum absolute atomic E-state index is 0.0611. The van der Waals surface area contributed by atoms with Crippen LogP contribution in [0.25, 0.3) is 11.0 Å². The second-order valence-electron chi connectivity index (χ2n) is 9.38. The van der Waals surface area contributed by atoms with Gasteiger partial charge in [-0.2, -0.15) is 0 Å². The summed E-state index contributed by atoms with van der Waals surface area (Å²) in [6, 6.07) is 5.53. The molecule has 1 aliphatic rings. The average molecular weight is 687 g/mol. The Balaban J connectivity index is 1.48. The number of aliphatic hydroxyl groups is 1. The van der Waals surface area contributed by atoms with Crippen LogP contribution in [0.3, 0.4) is 0 Å². The first-order valence-electron chi connectivity index (χ1n) is 12.4. The fourth-order valence-electron chi connectivity index (χ4n) is 4.20. The zero-order chi connectivity index (χ0) is 32.3. The van der Waals surface area contributed by atoms with Gasteiger partial charge in [-0.05, 0) is 24.1 Å². The number of aromatic hydroxyl groups is 1. The summed E-state index contributed by atoms with van der Waals surface area (Å²) in [5.74, 6) is 5.97. The number of thioether (sulfide) groups is 1. The van der Waals surface area contributed by atoms with Crippen LogP contribution < -0.4 is 21.6 Å². The standard InChI is InChI=1S/C23H25N5O12P3S/c24-16(8-13-3-5-15(29)6-4-13)23(31)44-7-1-2-14-10-28(22-20(14)21(25)26-12-27-22)19-9-17(30)18(39-19)11-38-43(37,40-32,41(33)34)42(35)36/h3-6,10,12,16-19,29-30,32H,7-9,11,24H2,(H2,25,26,27)/q-1/p-1/t16?,17-,18+,19+/m0/s1. The zero-order valence-corrected chi connectivity index (χ0v) is 25.8. The predicted octanol–water partition coefficient (Wildman–Crippen LogP) is 0.692. The maximum absolute atomic E-state index is 12.5. The maximum atomic E-state index is 12.5. The van der Waals surface area contributed by atoms with Crippen molar-refractivity contribution in [2.24, 2.45) is 5.73 Å². The van der Waals surface area contributed by atoms with Gasteiger partial charge in [0.2, 0.25) is 5.12 Å². The van der Waals surface area contributed by atoms with Gasteiger partial charge in [-0.3, -0.25) is 4.79 Å². The van der Waals surface area contributed by atoms with E-state index in [1.165, 1.54) is 29.2 Å².